The first-order chi connectivity index (χ1) is 13.0. The first kappa shape index (κ1) is 18.8. The number of furan rings is 1. The maximum absolute atomic E-state index is 12.7. The molecule has 1 aliphatic heterocycles. The second kappa shape index (κ2) is 8.14. The molecule has 1 saturated heterocycles. The number of nitrogens with one attached hydrogen (secondary N) is 1. The number of hydrogen-bond acceptors (Lipinski definition) is 5. The third-order valence-corrected chi connectivity index (χ3v) is 5.38. The number of benzene rings is 1. The summed E-state index contributed by atoms with van der Waals surface area (Å²) in [5, 5.41) is 12.2. The standard InChI is InChI=1S/C20H19N3O3S/c1-3-14-6-8-15(9-7-14)23-19(25)13(2)27-20(23)17(11-21)18(24)22-12-16-5-4-10-26-16/h4-10,13H,3,12H2,1-2H3,(H,22,24)/b20-17-. The van der Waals surface area contributed by atoms with Crippen molar-refractivity contribution >= 4 is 29.3 Å². The van der Waals surface area contributed by atoms with Crippen molar-refractivity contribution in [2.75, 3.05) is 4.90 Å². The predicted octanol–water partition coefficient (Wildman–Crippen LogP) is 3.36. The molecule has 3 rings (SSSR count). The number of amides is 2. The van der Waals surface area contributed by atoms with Crippen LogP contribution in [0.2, 0.25) is 0 Å². The number of nitrogens with zero attached hydrogens (tertiary/aromatic N) is 2. The Hall–Kier alpha value is -2.98. The summed E-state index contributed by atoms with van der Waals surface area (Å²) >= 11 is 1.22. The molecule has 1 aromatic carbocycles. The molecular weight excluding hydrogens is 362 g/mol. The van der Waals surface area contributed by atoms with E-state index >= 15 is 0 Å². The largest absolute Gasteiger partial charge is 0.467 e. The van der Waals surface area contributed by atoms with Gasteiger partial charge in [-0.3, -0.25) is 14.5 Å². The molecule has 1 fully saturated rings. The van der Waals surface area contributed by atoms with Crippen LogP contribution in [0.5, 0.6) is 0 Å². The van der Waals surface area contributed by atoms with Crippen molar-refractivity contribution < 1.29 is 14.0 Å². The summed E-state index contributed by atoms with van der Waals surface area (Å²) in [6, 6.07) is 13.0. The summed E-state index contributed by atoms with van der Waals surface area (Å²) in [5.41, 5.74) is 1.72. The molecular formula is C20H19N3O3S. The van der Waals surface area contributed by atoms with E-state index in [0.717, 1.165) is 12.0 Å². The van der Waals surface area contributed by atoms with Crippen molar-refractivity contribution in [2.24, 2.45) is 0 Å². The fourth-order valence-corrected chi connectivity index (χ4v) is 3.81. The minimum absolute atomic E-state index is 0.0798. The lowest BCUT2D eigenvalue weighted by atomic mass is 10.1. The summed E-state index contributed by atoms with van der Waals surface area (Å²) in [6.07, 6.45) is 2.40. The smallest absolute Gasteiger partial charge is 0.265 e. The van der Waals surface area contributed by atoms with Crippen LogP contribution in [-0.2, 0) is 22.6 Å². The van der Waals surface area contributed by atoms with Crippen LogP contribution in [0.4, 0.5) is 5.69 Å². The van der Waals surface area contributed by atoms with Gasteiger partial charge in [0.2, 0.25) is 5.91 Å². The highest BCUT2D eigenvalue weighted by molar-refractivity contribution is 8.05. The molecule has 0 radical (unpaired) electrons. The lowest BCUT2D eigenvalue weighted by Gasteiger charge is -2.19. The second-order valence-corrected chi connectivity index (χ2v) is 7.34. The van der Waals surface area contributed by atoms with E-state index in [9.17, 15) is 14.9 Å². The highest BCUT2D eigenvalue weighted by Gasteiger charge is 2.38. The van der Waals surface area contributed by atoms with Gasteiger partial charge in [0.1, 0.15) is 22.4 Å². The predicted molar refractivity (Wildman–Crippen MR) is 104 cm³/mol. The van der Waals surface area contributed by atoms with Crippen LogP contribution in [0, 0.1) is 11.3 Å². The van der Waals surface area contributed by atoms with Gasteiger partial charge < -0.3 is 9.73 Å². The number of thioether (sulfide) groups is 1. The van der Waals surface area contributed by atoms with E-state index in [0.29, 0.717) is 16.5 Å². The molecule has 1 aromatic heterocycles. The molecule has 2 amide bonds. The van der Waals surface area contributed by atoms with Gasteiger partial charge in [-0.15, -0.1) is 0 Å². The van der Waals surface area contributed by atoms with E-state index in [1.807, 2.05) is 30.3 Å². The van der Waals surface area contributed by atoms with Gasteiger partial charge in [-0.1, -0.05) is 30.8 Å². The highest BCUT2D eigenvalue weighted by atomic mass is 32.2. The summed E-state index contributed by atoms with van der Waals surface area (Å²) in [5.74, 6) is -0.0968. The molecule has 1 aliphatic rings. The topological polar surface area (TPSA) is 86.3 Å². The summed E-state index contributed by atoms with van der Waals surface area (Å²) in [7, 11) is 0. The van der Waals surface area contributed by atoms with Crippen LogP contribution in [0.15, 0.2) is 57.7 Å². The van der Waals surface area contributed by atoms with E-state index in [1.54, 1.807) is 19.1 Å². The van der Waals surface area contributed by atoms with Gasteiger partial charge in [0, 0.05) is 5.69 Å². The van der Waals surface area contributed by atoms with E-state index < -0.39 is 5.91 Å². The number of nitriles is 1. The molecule has 0 saturated carbocycles. The van der Waals surface area contributed by atoms with Crippen molar-refractivity contribution in [1.29, 1.82) is 5.26 Å². The Bertz CT molecular complexity index is 911. The van der Waals surface area contributed by atoms with Crippen molar-refractivity contribution in [1.82, 2.24) is 5.32 Å². The summed E-state index contributed by atoms with van der Waals surface area (Å²) in [6.45, 7) is 3.99. The van der Waals surface area contributed by atoms with E-state index in [1.165, 1.54) is 22.9 Å². The maximum Gasteiger partial charge on any atom is 0.265 e. The molecule has 6 nitrogen and oxygen atoms in total. The average molecular weight is 381 g/mol. The zero-order valence-electron chi connectivity index (χ0n) is 15.1. The van der Waals surface area contributed by atoms with Crippen molar-refractivity contribution in [3.05, 3.63) is 64.6 Å². The fourth-order valence-electron chi connectivity index (χ4n) is 2.71. The van der Waals surface area contributed by atoms with Crippen LogP contribution in [-0.4, -0.2) is 17.1 Å². The lowest BCUT2D eigenvalue weighted by molar-refractivity contribution is -0.117. The Morgan fingerprint density at radius 3 is 2.67 bits per heavy atom. The van der Waals surface area contributed by atoms with Gasteiger partial charge in [0.25, 0.3) is 5.91 Å². The minimum Gasteiger partial charge on any atom is -0.467 e. The van der Waals surface area contributed by atoms with Crippen molar-refractivity contribution in [3.8, 4) is 6.07 Å². The highest BCUT2D eigenvalue weighted by Crippen LogP contribution is 2.40. The molecule has 0 aliphatic carbocycles. The molecule has 0 spiro atoms. The van der Waals surface area contributed by atoms with Gasteiger partial charge in [0.15, 0.2) is 0 Å². The Labute approximate surface area is 161 Å². The molecule has 2 aromatic rings. The summed E-state index contributed by atoms with van der Waals surface area (Å²) < 4.78 is 5.19. The minimum atomic E-state index is -0.534. The van der Waals surface area contributed by atoms with Gasteiger partial charge >= 0.3 is 0 Å². The van der Waals surface area contributed by atoms with E-state index in [4.69, 9.17) is 4.42 Å². The lowest BCUT2D eigenvalue weighted by Crippen LogP contribution is -2.30. The van der Waals surface area contributed by atoms with Gasteiger partial charge in [-0.2, -0.15) is 5.26 Å². The number of carbonyl (C=O) groups excluding carboxylic acids is 2. The van der Waals surface area contributed by atoms with Gasteiger partial charge in [-0.25, -0.2) is 0 Å². The molecule has 1 unspecified atom stereocenters. The number of aryl methyl sites for hydroxylation is 1. The molecule has 7 heteroatoms. The van der Waals surface area contributed by atoms with Crippen LogP contribution >= 0.6 is 11.8 Å². The maximum atomic E-state index is 12.7. The van der Waals surface area contributed by atoms with Crippen LogP contribution in [0.3, 0.4) is 0 Å². The van der Waals surface area contributed by atoms with Crippen molar-refractivity contribution in [3.63, 3.8) is 0 Å². The molecule has 1 atom stereocenters. The zero-order chi connectivity index (χ0) is 19.4. The first-order valence-electron chi connectivity index (χ1n) is 8.59. The van der Waals surface area contributed by atoms with E-state index in [2.05, 4.69) is 12.2 Å². The molecule has 2 heterocycles. The van der Waals surface area contributed by atoms with Crippen molar-refractivity contribution in [2.45, 2.75) is 32.1 Å². The Kier molecular flexibility index (Phi) is 5.67. The fraction of sp³-hybridized carbons (Fsp3) is 0.250. The Morgan fingerprint density at radius 2 is 2.07 bits per heavy atom. The number of hydrogen-bond donors (Lipinski definition) is 1. The molecule has 1 N–H and O–H groups in total. The number of carbonyl (C=O) groups is 2. The zero-order valence-corrected chi connectivity index (χ0v) is 15.9. The van der Waals surface area contributed by atoms with E-state index in [-0.39, 0.29) is 23.3 Å². The third kappa shape index (κ3) is 3.91. The van der Waals surface area contributed by atoms with Crippen LogP contribution < -0.4 is 10.2 Å². The SMILES string of the molecule is CCc1ccc(N2C(=O)C(C)S/C2=C(/C#N)C(=O)NCc2ccco2)cc1. The van der Waals surface area contributed by atoms with Crippen LogP contribution in [0.1, 0.15) is 25.2 Å². The second-order valence-electron chi connectivity index (χ2n) is 6.01. The number of rotatable bonds is 5. The normalized spacial score (nSPS) is 18.3. The molecule has 0 bridgehead atoms. The Morgan fingerprint density at radius 1 is 1.33 bits per heavy atom. The quantitative estimate of drug-likeness (QED) is 0.634. The first-order valence-corrected chi connectivity index (χ1v) is 9.47. The van der Waals surface area contributed by atoms with Crippen LogP contribution in [0.25, 0.3) is 0 Å². The van der Waals surface area contributed by atoms with Gasteiger partial charge in [0.05, 0.1) is 18.1 Å². The Balaban J connectivity index is 1.91. The summed E-state index contributed by atoms with van der Waals surface area (Å²) in [4.78, 5) is 26.7. The van der Waals surface area contributed by atoms with Gasteiger partial charge in [-0.05, 0) is 43.2 Å². The molecule has 138 valence electrons. The molecule has 27 heavy (non-hydrogen) atoms. The third-order valence-electron chi connectivity index (χ3n) is 4.22. The number of anilines is 1. The monoisotopic (exact) mass is 381 g/mol. The average Bonchev–Trinajstić information content (AvgIpc) is 3.30.